The third-order valence-corrected chi connectivity index (χ3v) is 4.55. The van der Waals surface area contributed by atoms with Gasteiger partial charge in [0.2, 0.25) is 5.91 Å². The Morgan fingerprint density at radius 3 is 2.54 bits per heavy atom. The fourth-order valence-corrected chi connectivity index (χ4v) is 3.33. The molecule has 1 heterocycles. The highest BCUT2D eigenvalue weighted by Crippen LogP contribution is 2.36. The van der Waals surface area contributed by atoms with Gasteiger partial charge >= 0.3 is 0 Å². The second-order valence-corrected chi connectivity index (χ2v) is 7.23. The molecule has 0 aliphatic carbocycles. The second kappa shape index (κ2) is 9.83. The quantitative estimate of drug-likeness (QED) is 0.678. The Bertz CT molecular complexity index is 638. The van der Waals surface area contributed by atoms with Gasteiger partial charge in [0.05, 0.1) is 18.7 Å². The molecule has 0 saturated carbocycles. The van der Waals surface area contributed by atoms with E-state index in [1.165, 1.54) is 0 Å². The van der Waals surface area contributed by atoms with Crippen molar-refractivity contribution in [3.8, 4) is 11.5 Å². The fraction of sp³-hybridized carbons (Fsp3) is 0.550. The molecule has 0 spiro atoms. The van der Waals surface area contributed by atoms with Crippen LogP contribution >= 0.6 is 11.6 Å². The number of amides is 1. The zero-order valence-electron chi connectivity index (χ0n) is 16.1. The van der Waals surface area contributed by atoms with E-state index in [9.17, 15) is 4.79 Å². The zero-order valence-corrected chi connectivity index (χ0v) is 16.9. The Morgan fingerprint density at radius 2 is 1.96 bits per heavy atom. The van der Waals surface area contributed by atoms with Crippen LogP contribution in [-0.2, 0) is 4.79 Å². The molecule has 0 unspecified atom stereocenters. The monoisotopic (exact) mass is 380 g/mol. The molecular formula is C20H29ClN2O3. The number of benzene rings is 1. The van der Waals surface area contributed by atoms with Gasteiger partial charge in [0.25, 0.3) is 0 Å². The number of methoxy groups -OCH3 is 1. The molecule has 5 nitrogen and oxygen atoms in total. The van der Waals surface area contributed by atoms with Crippen molar-refractivity contribution in [3.05, 3.63) is 28.8 Å². The van der Waals surface area contributed by atoms with E-state index in [2.05, 4.69) is 18.7 Å². The summed E-state index contributed by atoms with van der Waals surface area (Å²) in [5, 5.41) is 0.473. The smallest absolute Gasteiger partial charge is 0.246 e. The molecule has 0 aromatic heterocycles. The van der Waals surface area contributed by atoms with Gasteiger partial charge in [-0.25, -0.2) is 0 Å². The minimum absolute atomic E-state index is 0.0261. The first-order valence-electron chi connectivity index (χ1n) is 9.14. The van der Waals surface area contributed by atoms with Crippen LogP contribution in [0, 0.1) is 5.92 Å². The van der Waals surface area contributed by atoms with Crippen LogP contribution in [0.4, 0.5) is 0 Å². The molecule has 0 radical (unpaired) electrons. The number of halogens is 1. The summed E-state index contributed by atoms with van der Waals surface area (Å²) in [6, 6.07) is 3.60. The van der Waals surface area contributed by atoms with E-state index in [0.29, 0.717) is 29.0 Å². The van der Waals surface area contributed by atoms with Crippen LogP contribution < -0.4 is 9.47 Å². The summed E-state index contributed by atoms with van der Waals surface area (Å²) in [5.41, 5.74) is 0.807. The lowest BCUT2D eigenvalue weighted by Gasteiger charge is -2.35. The molecule has 0 atom stereocenters. The summed E-state index contributed by atoms with van der Waals surface area (Å²) in [6.07, 6.45) is 3.37. The van der Waals surface area contributed by atoms with Crippen molar-refractivity contribution >= 4 is 23.6 Å². The number of carbonyl (C=O) groups excluding carboxylic acids is 1. The number of ether oxygens (including phenoxy) is 2. The van der Waals surface area contributed by atoms with Crippen molar-refractivity contribution in [2.75, 3.05) is 46.4 Å². The lowest BCUT2D eigenvalue weighted by Crippen LogP contribution is -2.49. The first-order valence-corrected chi connectivity index (χ1v) is 9.52. The van der Waals surface area contributed by atoms with Crippen molar-refractivity contribution in [1.29, 1.82) is 0 Å². The molecule has 0 bridgehead atoms. The molecule has 1 aromatic carbocycles. The molecule has 0 N–H and O–H groups in total. The highest BCUT2D eigenvalue weighted by Gasteiger charge is 2.20. The van der Waals surface area contributed by atoms with Gasteiger partial charge in [-0.15, -0.1) is 0 Å². The van der Waals surface area contributed by atoms with E-state index in [4.69, 9.17) is 21.1 Å². The minimum atomic E-state index is 0.0261. The van der Waals surface area contributed by atoms with Crippen LogP contribution in [0.25, 0.3) is 6.08 Å². The number of hydrogen-bond acceptors (Lipinski definition) is 4. The zero-order chi connectivity index (χ0) is 19.1. The van der Waals surface area contributed by atoms with E-state index in [-0.39, 0.29) is 5.91 Å². The SMILES string of the molecule is CCOc1c(Cl)cc(/C=C/C(=O)N2CCN(CC(C)C)CC2)cc1OC. The predicted octanol–water partition coefficient (Wildman–Crippen LogP) is 3.56. The van der Waals surface area contributed by atoms with E-state index < -0.39 is 0 Å². The largest absolute Gasteiger partial charge is 0.493 e. The fourth-order valence-electron chi connectivity index (χ4n) is 3.06. The topological polar surface area (TPSA) is 42.0 Å². The first-order chi connectivity index (χ1) is 12.4. The van der Waals surface area contributed by atoms with Gasteiger partial charge in [-0.1, -0.05) is 25.4 Å². The summed E-state index contributed by atoms with van der Waals surface area (Å²) in [6.45, 7) is 11.3. The van der Waals surface area contributed by atoms with Gasteiger partial charge < -0.3 is 14.4 Å². The first kappa shape index (κ1) is 20.6. The van der Waals surface area contributed by atoms with Gasteiger partial charge in [0, 0.05) is 38.8 Å². The molecule has 1 aliphatic heterocycles. The number of nitrogens with zero attached hydrogens (tertiary/aromatic N) is 2. The molecule has 1 saturated heterocycles. The molecule has 26 heavy (non-hydrogen) atoms. The van der Waals surface area contributed by atoms with Crippen LogP contribution in [0.15, 0.2) is 18.2 Å². The van der Waals surface area contributed by atoms with Crippen molar-refractivity contribution in [2.45, 2.75) is 20.8 Å². The lowest BCUT2D eigenvalue weighted by atomic mass is 10.1. The van der Waals surface area contributed by atoms with E-state index in [0.717, 1.165) is 38.3 Å². The van der Waals surface area contributed by atoms with Gasteiger partial charge in [0.1, 0.15) is 0 Å². The average molecular weight is 381 g/mol. The van der Waals surface area contributed by atoms with Crippen molar-refractivity contribution in [2.24, 2.45) is 5.92 Å². The Morgan fingerprint density at radius 1 is 1.27 bits per heavy atom. The van der Waals surface area contributed by atoms with Gasteiger partial charge in [-0.05, 0) is 36.6 Å². The second-order valence-electron chi connectivity index (χ2n) is 6.82. The van der Waals surface area contributed by atoms with Gasteiger partial charge in [0.15, 0.2) is 11.5 Å². The maximum absolute atomic E-state index is 12.4. The van der Waals surface area contributed by atoms with Crippen molar-refractivity contribution in [1.82, 2.24) is 9.80 Å². The normalized spacial score (nSPS) is 15.7. The highest BCUT2D eigenvalue weighted by molar-refractivity contribution is 6.32. The lowest BCUT2D eigenvalue weighted by molar-refractivity contribution is -0.127. The highest BCUT2D eigenvalue weighted by atomic mass is 35.5. The van der Waals surface area contributed by atoms with Crippen LogP contribution in [0.5, 0.6) is 11.5 Å². The van der Waals surface area contributed by atoms with Crippen LogP contribution in [0.1, 0.15) is 26.3 Å². The summed E-state index contributed by atoms with van der Waals surface area (Å²) >= 11 is 6.27. The van der Waals surface area contributed by atoms with Crippen molar-refractivity contribution in [3.63, 3.8) is 0 Å². The molecule has 6 heteroatoms. The van der Waals surface area contributed by atoms with Gasteiger partial charge in [-0.2, -0.15) is 0 Å². The summed E-state index contributed by atoms with van der Waals surface area (Å²) in [5.74, 6) is 1.77. The summed E-state index contributed by atoms with van der Waals surface area (Å²) in [7, 11) is 1.57. The third kappa shape index (κ3) is 5.64. The molecule has 144 valence electrons. The molecule has 2 rings (SSSR count). The van der Waals surface area contributed by atoms with E-state index in [1.54, 1.807) is 25.3 Å². The number of rotatable bonds is 7. The molecule has 1 fully saturated rings. The Labute approximate surface area is 161 Å². The molecular weight excluding hydrogens is 352 g/mol. The van der Waals surface area contributed by atoms with E-state index in [1.807, 2.05) is 17.9 Å². The van der Waals surface area contributed by atoms with Crippen molar-refractivity contribution < 1.29 is 14.3 Å². The molecule has 1 aliphatic rings. The molecule has 1 aromatic rings. The van der Waals surface area contributed by atoms with Crippen LogP contribution in [0.2, 0.25) is 5.02 Å². The average Bonchev–Trinajstić information content (AvgIpc) is 2.61. The Hall–Kier alpha value is -1.72. The third-order valence-electron chi connectivity index (χ3n) is 4.27. The Kier molecular flexibility index (Phi) is 7.79. The van der Waals surface area contributed by atoms with E-state index >= 15 is 0 Å². The maximum Gasteiger partial charge on any atom is 0.246 e. The van der Waals surface area contributed by atoms with Crippen LogP contribution in [-0.4, -0.2) is 62.1 Å². The number of hydrogen-bond donors (Lipinski definition) is 0. The standard InChI is InChI=1S/C20H29ClN2O3/c1-5-26-20-17(21)12-16(13-18(20)25-4)6-7-19(24)23-10-8-22(9-11-23)14-15(2)3/h6-7,12-13,15H,5,8-11,14H2,1-4H3/b7-6+. The molecule has 1 amide bonds. The Balaban J connectivity index is 1.99. The van der Waals surface area contributed by atoms with Gasteiger partial charge in [-0.3, -0.25) is 9.69 Å². The maximum atomic E-state index is 12.4. The minimum Gasteiger partial charge on any atom is -0.493 e. The summed E-state index contributed by atoms with van der Waals surface area (Å²) in [4.78, 5) is 16.7. The number of piperazine rings is 1. The predicted molar refractivity (Wildman–Crippen MR) is 106 cm³/mol. The summed E-state index contributed by atoms with van der Waals surface area (Å²) < 4.78 is 10.9. The van der Waals surface area contributed by atoms with Crippen LogP contribution in [0.3, 0.4) is 0 Å². The number of carbonyl (C=O) groups is 1.